The summed E-state index contributed by atoms with van der Waals surface area (Å²) >= 11 is 0. The first kappa shape index (κ1) is 21.3. The Balaban J connectivity index is 1.79. The van der Waals surface area contributed by atoms with Crippen molar-refractivity contribution in [3.8, 4) is 5.75 Å². The van der Waals surface area contributed by atoms with Crippen molar-refractivity contribution in [1.29, 1.82) is 0 Å². The van der Waals surface area contributed by atoms with Crippen molar-refractivity contribution in [1.82, 2.24) is 10.2 Å². The summed E-state index contributed by atoms with van der Waals surface area (Å²) in [6.45, 7) is 5.15. The number of hydrogen-bond acceptors (Lipinski definition) is 5. The summed E-state index contributed by atoms with van der Waals surface area (Å²) in [5.74, 6) is 0.794. The molecule has 2 aromatic rings. The Morgan fingerprint density at radius 1 is 1.07 bits per heavy atom. The molecule has 1 aliphatic rings. The topological polar surface area (TPSA) is 75.7 Å². The van der Waals surface area contributed by atoms with Crippen molar-refractivity contribution >= 4 is 15.7 Å². The zero-order valence-electron chi connectivity index (χ0n) is 16.9. The third-order valence-corrected chi connectivity index (χ3v) is 6.74. The first-order chi connectivity index (χ1) is 13.9. The van der Waals surface area contributed by atoms with Gasteiger partial charge in [-0.3, -0.25) is 9.69 Å². The third-order valence-electron chi connectivity index (χ3n) is 5.14. The Labute approximate surface area is 172 Å². The maximum absolute atomic E-state index is 13.3. The molecule has 7 heteroatoms. The molecule has 1 aliphatic heterocycles. The molecule has 0 aromatic heterocycles. The summed E-state index contributed by atoms with van der Waals surface area (Å²) < 4.78 is 29.2. The summed E-state index contributed by atoms with van der Waals surface area (Å²) in [5.41, 5.74) is 1.82. The largest absolute Gasteiger partial charge is 0.494 e. The van der Waals surface area contributed by atoms with Crippen LogP contribution in [0.5, 0.6) is 5.75 Å². The van der Waals surface area contributed by atoms with E-state index in [2.05, 4.69) is 5.32 Å². The number of nitrogens with one attached hydrogen (secondary N) is 1. The molecule has 2 atom stereocenters. The van der Waals surface area contributed by atoms with E-state index in [9.17, 15) is 13.2 Å². The molecule has 0 radical (unpaired) electrons. The number of hydrogen-bond donors (Lipinski definition) is 1. The van der Waals surface area contributed by atoms with Crippen molar-refractivity contribution < 1.29 is 17.9 Å². The monoisotopic (exact) mass is 416 g/mol. The lowest BCUT2D eigenvalue weighted by Crippen LogP contribution is -2.47. The molecule has 29 heavy (non-hydrogen) atoms. The lowest BCUT2D eigenvalue weighted by molar-refractivity contribution is -0.127. The minimum Gasteiger partial charge on any atom is -0.494 e. The van der Waals surface area contributed by atoms with Crippen molar-refractivity contribution in [3.05, 3.63) is 65.7 Å². The molecule has 0 saturated carbocycles. The van der Waals surface area contributed by atoms with Gasteiger partial charge < -0.3 is 10.1 Å². The van der Waals surface area contributed by atoms with Gasteiger partial charge in [0, 0.05) is 13.1 Å². The van der Waals surface area contributed by atoms with Crippen molar-refractivity contribution in [2.24, 2.45) is 0 Å². The van der Waals surface area contributed by atoms with Gasteiger partial charge in [0.25, 0.3) is 0 Å². The van der Waals surface area contributed by atoms with Gasteiger partial charge in [-0.25, -0.2) is 8.42 Å². The predicted molar refractivity (Wildman–Crippen MR) is 114 cm³/mol. The average Bonchev–Trinajstić information content (AvgIpc) is 2.71. The van der Waals surface area contributed by atoms with Crippen molar-refractivity contribution in [3.63, 3.8) is 0 Å². The van der Waals surface area contributed by atoms with E-state index in [1.54, 1.807) is 0 Å². The van der Waals surface area contributed by atoms with E-state index in [-0.39, 0.29) is 23.5 Å². The minimum absolute atomic E-state index is 0.0789. The van der Waals surface area contributed by atoms with Crippen molar-refractivity contribution in [2.45, 2.75) is 25.9 Å². The van der Waals surface area contributed by atoms with Crippen LogP contribution < -0.4 is 10.1 Å². The van der Waals surface area contributed by atoms with Crippen LogP contribution in [-0.4, -0.2) is 50.4 Å². The third kappa shape index (κ3) is 5.58. The first-order valence-electron chi connectivity index (χ1n) is 9.92. The van der Waals surface area contributed by atoms with Crippen LogP contribution in [0.25, 0.3) is 0 Å². The van der Waals surface area contributed by atoms with Gasteiger partial charge in [0.1, 0.15) is 11.8 Å². The molecule has 0 bridgehead atoms. The first-order valence-corrected chi connectivity index (χ1v) is 11.7. The highest BCUT2D eigenvalue weighted by molar-refractivity contribution is 7.91. The Morgan fingerprint density at radius 2 is 1.72 bits per heavy atom. The van der Waals surface area contributed by atoms with E-state index in [1.165, 1.54) is 0 Å². The second kappa shape index (κ2) is 9.41. The molecule has 1 heterocycles. The maximum atomic E-state index is 13.3. The van der Waals surface area contributed by atoms with Gasteiger partial charge in [0.15, 0.2) is 9.84 Å². The van der Waals surface area contributed by atoms with Crippen LogP contribution >= 0.6 is 0 Å². The number of amides is 1. The van der Waals surface area contributed by atoms with Gasteiger partial charge >= 0.3 is 0 Å². The molecule has 1 amide bonds. The SMILES string of the molecule is CCOc1cccc(C(C)NC(=O)C(c2ccccc2)N2CCS(=O)(=O)CC2)c1. The highest BCUT2D eigenvalue weighted by Crippen LogP contribution is 2.25. The molecule has 1 fully saturated rings. The zero-order chi connectivity index (χ0) is 20.9. The standard InChI is InChI=1S/C22H28N2O4S/c1-3-28-20-11-7-10-19(16-20)17(2)23-22(25)21(18-8-5-4-6-9-18)24-12-14-29(26,27)15-13-24/h4-11,16-17,21H,3,12-15H2,1-2H3,(H,23,25). The van der Waals surface area contributed by atoms with E-state index in [0.717, 1.165) is 16.9 Å². The fourth-order valence-corrected chi connectivity index (χ4v) is 4.79. The maximum Gasteiger partial charge on any atom is 0.242 e. The van der Waals surface area contributed by atoms with Gasteiger partial charge in [0.05, 0.1) is 24.2 Å². The predicted octanol–water partition coefficient (Wildman–Crippen LogP) is 2.73. The highest BCUT2D eigenvalue weighted by Gasteiger charge is 2.33. The molecule has 0 spiro atoms. The summed E-state index contributed by atoms with van der Waals surface area (Å²) in [4.78, 5) is 15.2. The average molecular weight is 417 g/mol. The minimum atomic E-state index is -3.02. The summed E-state index contributed by atoms with van der Waals surface area (Å²) in [6.07, 6.45) is 0. The van der Waals surface area contributed by atoms with Crippen LogP contribution in [0.4, 0.5) is 0 Å². The van der Waals surface area contributed by atoms with Crippen LogP contribution in [0.1, 0.15) is 37.1 Å². The van der Waals surface area contributed by atoms with E-state index >= 15 is 0 Å². The van der Waals surface area contributed by atoms with Gasteiger partial charge in [-0.1, -0.05) is 42.5 Å². The number of benzene rings is 2. The lowest BCUT2D eigenvalue weighted by atomic mass is 10.0. The molecule has 2 unspecified atom stereocenters. The molecule has 1 saturated heterocycles. The lowest BCUT2D eigenvalue weighted by Gasteiger charge is -2.34. The summed E-state index contributed by atoms with van der Waals surface area (Å²) in [5, 5.41) is 3.10. The van der Waals surface area contributed by atoms with E-state index in [4.69, 9.17) is 4.74 Å². The Hall–Kier alpha value is -2.38. The Bertz CT molecular complexity index is 917. The van der Waals surface area contributed by atoms with Crippen LogP contribution in [0, 0.1) is 0 Å². The summed E-state index contributed by atoms with van der Waals surface area (Å²) in [7, 11) is -3.02. The fraction of sp³-hybridized carbons (Fsp3) is 0.409. The van der Waals surface area contributed by atoms with Crippen LogP contribution in [-0.2, 0) is 14.6 Å². The molecule has 3 rings (SSSR count). The van der Waals surface area contributed by atoms with Gasteiger partial charge in [-0.15, -0.1) is 0 Å². The number of carbonyl (C=O) groups excluding carboxylic acids is 1. The second-order valence-electron chi connectivity index (χ2n) is 7.24. The number of carbonyl (C=O) groups is 1. The van der Waals surface area contributed by atoms with E-state index in [0.29, 0.717) is 19.7 Å². The molecular formula is C22H28N2O4S. The van der Waals surface area contributed by atoms with Gasteiger partial charge in [0.2, 0.25) is 5.91 Å². The van der Waals surface area contributed by atoms with Crippen LogP contribution in [0.3, 0.4) is 0 Å². The molecule has 2 aromatic carbocycles. The number of rotatable bonds is 7. The number of ether oxygens (including phenoxy) is 1. The van der Waals surface area contributed by atoms with E-state index < -0.39 is 15.9 Å². The molecule has 1 N–H and O–H groups in total. The molecule has 6 nitrogen and oxygen atoms in total. The molecular weight excluding hydrogens is 388 g/mol. The molecule has 0 aliphatic carbocycles. The normalized spacial score (nSPS) is 18.6. The fourth-order valence-electron chi connectivity index (χ4n) is 3.56. The van der Waals surface area contributed by atoms with Crippen LogP contribution in [0.15, 0.2) is 54.6 Å². The molecule has 156 valence electrons. The zero-order valence-corrected chi connectivity index (χ0v) is 17.7. The van der Waals surface area contributed by atoms with Crippen LogP contribution in [0.2, 0.25) is 0 Å². The smallest absolute Gasteiger partial charge is 0.242 e. The van der Waals surface area contributed by atoms with Crippen molar-refractivity contribution in [2.75, 3.05) is 31.2 Å². The van der Waals surface area contributed by atoms with Gasteiger partial charge in [-0.05, 0) is 37.1 Å². The highest BCUT2D eigenvalue weighted by atomic mass is 32.2. The van der Waals surface area contributed by atoms with Gasteiger partial charge in [-0.2, -0.15) is 0 Å². The number of sulfone groups is 1. The Kier molecular flexibility index (Phi) is 6.92. The quantitative estimate of drug-likeness (QED) is 0.751. The second-order valence-corrected chi connectivity index (χ2v) is 9.54. The number of nitrogens with zero attached hydrogens (tertiary/aromatic N) is 1. The van der Waals surface area contributed by atoms with E-state index in [1.807, 2.05) is 73.3 Å². The Morgan fingerprint density at radius 3 is 2.38 bits per heavy atom. The summed E-state index contributed by atoms with van der Waals surface area (Å²) in [6, 6.07) is 16.5.